The normalized spacial score (nSPS) is 11.6. The average Bonchev–Trinajstić information content (AvgIpc) is 2.85. The van der Waals surface area contributed by atoms with Crippen molar-refractivity contribution >= 4 is 18.7 Å². The Morgan fingerprint density at radius 1 is 0.667 bits per heavy atom. The van der Waals surface area contributed by atoms with Gasteiger partial charge in [0.15, 0.2) is 5.45 Å². The summed E-state index contributed by atoms with van der Waals surface area (Å²) >= 11 is 0. The van der Waals surface area contributed by atoms with Gasteiger partial charge in [-0.1, -0.05) is 54.1 Å². The molecule has 0 fully saturated rings. The van der Waals surface area contributed by atoms with Gasteiger partial charge in [-0.15, -0.1) is 0 Å². The van der Waals surface area contributed by atoms with Crippen LogP contribution in [0.25, 0.3) is 0 Å². The molecule has 6 heteroatoms. The molecule has 0 spiro atoms. The van der Waals surface area contributed by atoms with Crippen LogP contribution in [0, 0.1) is 6.92 Å². The number of aliphatic imine (C=N–C) groups is 1. The van der Waals surface area contributed by atoms with Crippen molar-refractivity contribution in [2.24, 2.45) is 4.99 Å². The summed E-state index contributed by atoms with van der Waals surface area (Å²) in [5.74, 6) is 1.51. The number of nitrogens with zero attached hydrogens (tertiary/aromatic N) is 1. The molecule has 0 aromatic heterocycles. The highest BCUT2D eigenvalue weighted by Crippen LogP contribution is 2.52. The number of para-hydroxylation sites is 2. The van der Waals surface area contributed by atoms with E-state index in [-0.39, 0.29) is 5.45 Å². The van der Waals surface area contributed by atoms with Gasteiger partial charge in [-0.2, -0.15) is 0 Å². The van der Waals surface area contributed by atoms with Crippen molar-refractivity contribution in [3.8, 4) is 17.2 Å². The standard InChI is InChI=1S/C27H24NO4P/c1-21-13-17-23(18-14-21)28-27(22-15-19-24(30-2)20-16-22)33(29,31-25-9-5-3-6-10-25)32-26-11-7-4-8-12-26/h3-20H,1-2H3. The van der Waals surface area contributed by atoms with E-state index in [1.807, 2.05) is 67.6 Å². The monoisotopic (exact) mass is 457 g/mol. The van der Waals surface area contributed by atoms with Crippen LogP contribution >= 0.6 is 7.60 Å². The molecule has 33 heavy (non-hydrogen) atoms. The summed E-state index contributed by atoms with van der Waals surface area (Å²) < 4.78 is 31.9. The highest BCUT2D eigenvalue weighted by Gasteiger charge is 2.37. The smallest absolute Gasteiger partial charge is 0.481 e. The molecule has 0 saturated heterocycles. The van der Waals surface area contributed by atoms with Gasteiger partial charge in [-0.3, -0.25) is 0 Å². The van der Waals surface area contributed by atoms with Crippen molar-refractivity contribution < 1.29 is 18.3 Å². The zero-order chi connectivity index (χ0) is 23.1. The molecule has 0 heterocycles. The van der Waals surface area contributed by atoms with Gasteiger partial charge in [0.2, 0.25) is 0 Å². The van der Waals surface area contributed by atoms with E-state index < -0.39 is 7.60 Å². The number of benzene rings is 4. The lowest BCUT2D eigenvalue weighted by Gasteiger charge is -2.22. The first-order chi connectivity index (χ1) is 16.1. The van der Waals surface area contributed by atoms with Crippen LogP contribution in [0.15, 0.2) is 114 Å². The molecule has 0 aliphatic heterocycles. The summed E-state index contributed by atoms with van der Waals surface area (Å²) in [5, 5.41) is 0. The summed E-state index contributed by atoms with van der Waals surface area (Å²) in [7, 11) is -2.39. The van der Waals surface area contributed by atoms with Crippen LogP contribution in [0.4, 0.5) is 5.69 Å². The molecular weight excluding hydrogens is 433 g/mol. The molecule has 0 radical (unpaired) electrons. The first kappa shape index (κ1) is 22.4. The summed E-state index contributed by atoms with van der Waals surface area (Å²) in [5.41, 5.74) is 2.54. The van der Waals surface area contributed by atoms with Crippen LogP contribution in [0.3, 0.4) is 0 Å². The minimum atomic E-state index is -3.99. The fourth-order valence-electron chi connectivity index (χ4n) is 3.11. The zero-order valence-electron chi connectivity index (χ0n) is 18.4. The maximum atomic E-state index is 14.5. The van der Waals surface area contributed by atoms with E-state index in [0.717, 1.165) is 5.56 Å². The lowest BCUT2D eigenvalue weighted by molar-refractivity contribution is 0.402. The van der Waals surface area contributed by atoms with E-state index in [2.05, 4.69) is 0 Å². The lowest BCUT2D eigenvalue weighted by atomic mass is 10.2. The maximum Gasteiger partial charge on any atom is 0.481 e. The molecule has 4 aromatic rings. The molecular formula is C27H24NO4P. The molecule has 0 unspecified atom stereocenters. The van der Waals surface area contributed by atoms with Crippen molar-refractivity contribution in [3.63, 3.8) is 0 Å². The second kappa shape index (κ2) is 10.2. The van der Waals surface area contributed by atoms with Gasteiger partial charge < -0.3 is 13.8 Å². The number of aryl methyl sites for hydroxylation is 1. The van der Waals surface area contributed by atoms with E-state index in [1.165, 1.54) is 0 Å². The van der Waals surface area contributed by atoms with Crippen LogP contribution in [-0.2, 0) is 4.57 Å². The quantitative estimate of drug-likeness (QED) is 0.204. The molecule has 0 atom stereocenters. The van der Waals surface area contributed by atoms with Crippen LogP contribution in [-0.4, -0.2) is 12.6 Å². The Morgan fingerprint density at radius 3 is 1.67 bits per heavy atom. The van der Waals surface area contributed by atoms with E-state index in [0.29, 0.717) is 28.5 Å². The fourth-order valence-corrected chi connectivity index (χ4v) is 4.82. The van der Waals surface area contributed by atoms with Crippen molar-refractivity contribution in [2.75, 3.05) is 7.11 Å². The Morgan fingerprint density at radius 2 is 1.18 bits per heavy atom. The van der Waals surface area contributed by atoms with Crippen LogP contribution in [0.2, 0.25) is 0 Å². The van der Waals surface area contributed by atoms with Crippen LogP contribution in [0.1, 0.15) is 11.1 Å². The number of hydrogen-bond acceptors (Lipinski definition) is 5. The molecule has 0 aliphatic carbocycles. The maximum absolute atomic E-state index is 14.5. The molecule has 4 rings (SSSR count). The second-order valence-corrected chi connectivity index (χ2v) is 9.09. The lowest BCUT2D eigenvalue weighted by Crippen LogP contribution is -2.13. The van der Waals surface area contributed by atoms with E-state index in [9.17, 15) is 4.57 Å². The highest BCUT2D eigenvalue weighted by atomic mass is 31.2. The van der Waals surface area contributed by atoms with Crippen LogP contribution < -0.4 is 13.8 Å². The Hall–Kier alpha value is -3.82. The highest BCUT2D eigenvalue weighted by molar-refractivity contribution is 7.73. The largest absolute Gasteiger partial charge is 0.497 e. The van der Waals surface area contributed by atoms with Crippen molar-refractivity contribution in [1.29, 1.82) is 0 Å². The molecule has 5 nitrogen and oxygen atoms in total. The molecule has 0 saturated carbocycles. The molecule has 0 aliphatic rings. The van der Waals surface area contributed by atoms with Gasteiger partial charge in [0.25, 0.3) is 0 Å². The molecule has 0 amide bonds. The minimum Gasteiger partial charge on any atom is -0.497 e. The summed E-state index contributed by atoms with van der Waals surface area (Å²) in [6.45, 7) is 2.00. The van der Waals surface area contributed by atoms with Gasteiger partial charge in [-0.05, 0) is 67.6 Å². The second-order valence-electron chi connectivity index (χ2n) is 7.31. The zero-order valence-corrected chi connectivity index (χ0v) is 19.3. The number of methoxy groups -OCH3 is 1. The summed E-state index contributed by atoms with van der Waals surface area (Å²) in [6, 6.07) is 32.7. The minimum absolute atomic E-state index is 0.196. The molecule has 0 N–H and O–H groups in total. The first-order valence-corrected chi connectivity index (χ1v) is 12.0. The van der Waals surface area contributed by atoms with Crippen molar-refractivity contribution in [3.05, 3.63) is 120 Å². The van der Waals surface area contributed by atoms with Gasteiger partial charge in [0.05, 0.1) is 12.8 Å². The Bertz CT molecular complexity index is 1210. The number of hydrogen-bond donors (Lipinski definition) is 0. The predicted octanol–water partition coefficient (Wildman–Crippen LogP) is 7.43. The van der Waals surface area contributed by atoms with Gasteiger partial charge in [0, 0.05) is 5.56 Å². The Kier molecular flexibility index (Phi) is 6.92. The van der Waals surface area contributed by atoms with Crippen LogP contribution in [0.5, 0.6) is 17.2 Å². The fraction of sp³-hybridized carbons (Fsp3) is 0.0741. The van der Waals surface area contributed by atoms with Gasteiger partial charge >= 0.3 is 7.60 Å². The van der Waals surface area contributed by atoms with Crippen molar-refractivity contribution in [2.45, 2.75) is 6.92 Å². The van der Waals surface area contributed by atoms with E-state index >= 15 is 0 Å². The van der Waals surface area contributed by atoms with Gasteiger partial charge in [0.1, 0.15) is 17.2 Å². The Balaban J connectivity index is 1.87. The van der Waals surface area contributed by atoms with E-state index in [1.54, 1.807) is 55.6 Å². The number of rotatable bonds is 8. The van der Waals surface area contributed by atoms with Crippen molar-refractivity contribution in [1.82, 2.24) is 0 Å². The average molecular weight is 457 g/mol. The SMILES string of the molecule is COc1ccc(C(=Nc2ccc(C)cc2)P(=O)(Oc2ccccc2)Oc2ccccc2)cc1. The molecule has 4 aromatic carbocycles. The van der Waals surface area contributed by atoms with Gasteiger partial charge in [-0.25, -0.2) is 9.56 Å². The Labute approximate surface area is 193 Å². The number of ether oxygens (including phenoxy) is 1. The third-order valence-electron chi connectivity index (χ3n) is 4.81. The molecule has 0 bridgehead atoms. The summed E-state index contributed by atoms with van der Waals surface area (Å²) in [4.78, 5) is 4.75. The molecule has 166 valence electrons. The topological polar surface area (TPSA) is 57.1 Å². The third-order valence-corrected chi connectivity index (χ3v) is 6.59. The predicted molar refractivity (Wildman–Crippen MR) is 132 cm³/mol. The van der Waals surface area contributed by atoms with E-state index in [4.69, 9.17) is 18.8 Å². The summed E-state index contributed by atoms with van der Waals surface area (Å²) in [6.07, 6.45) is 0. The first-order valence-electron chi connectivity index (χ1n) is 10.5. The third kappa shape index (κ3) is 5.71.